The molecule has 3 aromatic carbocycles. The molecule has 3 aromatic rings. The molecule has 3 N–H and O–H groups in total. The Morgan fingerprint density at radius 3 is 2.11 bits per heavy atom. The summed E-state index contributed by atoms with van der Waals surface area (Å²) in [7, 11) is 0. The van der Waals surface area contributed by atoms with Gasteiger partial charge in [-0.15, -0.1) is 0 Å². The van der Waals surface area contributed by atoms with Crippen LogP contribution in [0.3, 0.4) is 0 Å². The molecule has 6 heteroatoms. The van der Waals surface area contributed by atoms with E-state index in [-0.39, 0.29) is 18.6 Å². The van der Waals surface area contributed by atoms with Gasteiger partial charge in [-0.3, -0.25) is 14.6 Å². The van der Waals surface area contributed by atoms with Crippen LogP contribution in [0.2, 0.25) is 0 Å². The van der Waals surface area contributed by atoms with Crippen molar-refractivity contribution >= 4 is 5.91 Å². The monoisotopic (exact) mass is 471 g/mol. The van der Waals surface area contributed by atoms with Crippen molar-refractivity contribution < 1.29 is 15.0 Å². The van der Waals surface area contributed by atoms with Crippen LogP contribution >= 0.6 is 0 Å². The minimum atomic E-state index is -0.931. The van der Waals surface area contributed by atoms with Crippen LogP contribution < -0.4 is 5.32 Å². The van der Waals surface area contributed by atoms with Crippen molar-refractivity contribution in [3.63, 3.8) is 0 Å². The third-order valence-corrected chi connectivity index (χ3v) is 7.24. The summed E-state index contributed by atoms with van der Waals surface area (Å²) in [6.45, 7) is 2.56. The van der Waals surface area contributed by atoms with E-state index in [2.05, 4.69) is 51.5 Å². The Labute approximate surface area is 206 Å². The number of hydrogen-bond donors (Lipinski definition) is 3. The molecule has 4 atom stereocenters. The second kappa shape index (κ2) is 10.7. The number of carbonyl (C=O) groups excluding carboxylic acids is 1. The molecular weight excluding hydrogens is 438 g/mol. The quantitative estimate of drug-likeness (QED) is 0.493. The number of carbonyl (C=O) groups is 1. The van der Waals surface area contributed by atoms with Crippen LogP contribution in [0, 0.1) is 0 Å². The van der Waals surface area contributed by atoms with Gasteiger partial charge in [0.2, 0.25) is 0 Å². The zero-order valence-corrected chi connectivity index (χ0v) is 19.8. The summed E-state index contributed by atoms with van der Waals surface area (Å²) in [6, 6.07) is 27.6. The standard InChI is InChI=1S/C29H33N3O3/c33-26-20-32(25(27(26)34)19-30-28(35)23-11-5-2-6-12-23)29(31-17-7-8-18-31)24-15-13-22(14-16-24)21-9-3-1-4-10-21/h1-6,9-16,25-27,29,33-34H,7-8,17-20H2,(H,30,35)/t25-,26+,27-,29?/m1/s1. The first kappa shape index (κ1) is 23.7. The molecule has 0 saturated carbocycles. The maximum absolute atomic E-state index is 12.7. The third kappa shape index (κ3) is 5.16. The Morgan fingerprint density at radius 2 is 1.46 bits per heavy atom. The average Bonchev–Trinajstić information content (AvgIpc) is 3.53. The Balaban J connectivity index is 1.39. The second-order valence-electron chi connectivity index (χ2n) is 9.50. The van der Waals surface area contributed by atoms with Gasteiger partial charge in [0.15, 0.2) is 0 Å². The number of β-amino-alcohol motifs (C(OH)–C–C–N with tert-alkyl or cyclic N) is 1. The smallest absolute Gasteiger partial charge is 0.251 e. The van der Waals surface area contributed by atoms with E-state index in [1.165, 1.54) is 5.56 Å². The number of amides is 1. The second-order valence-corrected chi connectivity index (χ2v) is 9.50. The molecule has 35 heavy (non-hydrogen) atoms. The highest BCUT2D eigenvalue weighted by Crippen LogP contribution is 2.35. The highest BCUT2D eigenvalue weighted by atomic mass is 16.3. The van der Waals surface area contributed by atoms with Crippen LogP contribution in [0.25, 0.3) is 11.1 Å². The molecule has 1 unspecified atom stereocenters. The van der Waals surface area contributed by atoms with Gasteiger partial charge in [-0.1, -0.05) is 72.8 Å². The zero-order valence-electron chi connectivity index (χ0n) is 19.8. The molecule has 182 valence electrons. The molecule has 0 aliphatic carbocycles. The maximum Gasteiger partial charge on any atom is 0.251 e. The van der Waals surface area contributed by atoms with Crippen LogP contribution in [0.1, 0.15) is 34.9 Å². The van der Waals surface area contributed by atoms with Crippen molar-refractivity contribution in [2.24, 2.45) is 0 Å². The van der Waals surface area contributed by atoms with Gasteiger partial charge >= 0.3 is 0 Å². The number of hydrogen-bond acceptors (Lipinski definition) is 5. The molecule has 1 amide bonds. The van der Waals surface area contributed by atoms with Gasteiger partial charge in [-0.2, -0.15) is 0 Å². The van der Waals surface area contributed by atoms with Gasteiger partial charge in [-0.25, -0.2) is 0 Å². The van der Waals surface area contributed by atoms with Crippen LogP contribution in [0.4, 0.5) is 0 Å². The van der Waals surface area contributed by atoms with E-state index in [0.29, 0.717) is 12.1 Å². The van der Waals surface area contributed by atoms with E-state index < -0.39 is 18.2 Å². The number of aliphatic hydroxyl groups is 2. The normalized spacial score (nSPS) is 23.9. The Kier molecular flexibility index (Phi) is 7.25. The van der Waals surface area contributed by atoms with E-state index in [9.17, 15) is 15.0 Å². The van der Waals surface area contributed by atoms with Gasteiger partial charge in [0.25, 0.3) is 5.91 Å². The average molecular weight is 472 g/mol. The lowest BCUT2D eigenvalue weighted by Crippen LogP contribution is -2.50. The van der Waals surface area contributed by atoms with Crippen molar-refractivity contribution in [2.45, 2.75) is 37.3 Å². The minimum absolute atomic E-state index is 0.0762. The van der Waals surface area contributed by atoms with E-state index >= 15 is 0 Å². The molecule has 2 heterocycles. The molecule has 2 aliphatic rings. The van der Waals surface area contributed by atoms with Gasteiger partial charge in [0.05, 0.1) is 24.4 Å². The van der Waals surface area contributed by atoms with Gasteiger partial charge in [-0.05, 0) is 54.8 Å². The molecule has 2 aliphatic heterocycles. The lowest BCUT2D eigenvalue weighted by molar-refractivity contribution is 0.0154. The zero-order chi connectivity index (χ0) is 24.2. The van der Waals surface area contributed by atoms with Crippen LogP contribution in [0.15, 0.2) is 84.9 Å². The van der Waals surface area contributed by atoms with Crippen molar-refractivity contribution in [1.82, 2.24) is 15.1 Å². The molecule has 0 spiro atoms. The van der Waals surface area contributed by atoms with Gasteiger partial charge in [0.1, 0.15) is 0 Å². The number of likely N-dealkylation sites (tertiary alicyclic amines) is 2. The number of rotatable bonds is 7. The minimum Gasteiger partial charge on any atom is -0.389 e. The summed E-state index contributed by atoms with van der Waals surface area (Å²) in [5, 5.41) is 24.5. The summed E-state index contributed by atoms with van der Waals surface area (Å²) in [5.74, 6) is -0.177. The van der Waals surface area contributed by atoms with Crippen molar-refractivity contribution in [2.75, 3.05) is 26.2 Å². The highest BCUT2D eigenvalue weighted by molar-refractivity contribution is 5.94. The van der Waals surface area contributed by atoms with Crippen LogP contribution in [0.5, 0.6) is 0 Å². The third-order valence-electron chi connectivity index (χ3n) is 7.24. The first-order valence-electron chi connectivity index (χ1n) is 12.5. The molecule has 0 aromatic heterocycles. The molecule has 2 saturated heterocycles. The molecular formula is C29H33N3O3. The number of aliphatic hydroxyl groups excluding tert-OH is 2. The van der Waals surface area contributed by atoms with Gasteiger partial charge < -0.3 is 15.5 Å². The lowest BCUT2D eigenvalue weighted by atomic mass is 10.0. The predicted octanol–water partition coefficient (Wildman–Crippen LogP) is 3.28. The molecule has 2 fully saturated rings. The molecule has 6 nitrogen and oxygen atoms in total. The summed E-state index contributed by atoms with van der Waals surface area (Å²) in [6.07, 6.45) is 0.398. The highest BCUT2D eigenvalue weighted by Gasteiger charge is 2.45. The van der Waals surface area contributed by atoms with Crippen LogP contribution in [-0.2, 0) is 0 Å². The summed E-state index contributed by atoms with van der Waals surface area (Å²) >= 11 is 0. The topological polar surface area (TPSA) is 76.0 Å². The lowest BCUT2D eigenvalue weighted by Gasteiger charge is -2.39. The van der Waals surface area contributed by atoms with Crippen molar-refractivity contribution in [3.8, 4) is 11.1 Å². The fourth-order valence-electron chi connectivity index (χ4n) is 5.40. The largest absolute Gasteiger partial charge is 0.389 e. The molecule has 0 bridgehead atoms. The fourth-order valence-corrected chi connectivity index (χ4v) is 5.40. The van der Waals surface area contributed by atoms with E-state index in [4.69, 9.17) is 0 Å². The molecule has 5 rings (SSSR count). The van der Waals surface area contributed by atoms with Crippen LogP contribution in [-0.4, -0.2) is 70.3 Å². The van der Waals surface area contributed by atoms with E-state index in [1.807, 2.05) is 36.4 Å². The molecule has 0 radical (unpaired) electrons. The Hall–Kier alpha value is -3.03. The number of nitrogens with one attached hydrogen (secondary N) is 1. The van der Waals surface area contributed by atoms with Crippen molar-refractivity contribution in [1.29, 1.82) is 0 Å². The first-order chi connectivity index (χ1) is 17.1. The van der Waals surface area contributed by atoms with Gasteiger partial charge in [0, 0.05) is 18.7 Å². The summed E-state index contributed by atoms with van der Waals surface area (Å²) in [4.78, 5) is 17.3. The van der Waals surface area contributed by atoms with E-state index in [1.54, 1.807) is 12.1 Å². The first-order valence-corrected chi connectivity index (χ1v) is 12.5. The predicted molar refractivity (Wildman–Crippen MR) is 137 cm³/mol. The SMILES string of the molecule is O=C(NC[C@@H]1[C@@H](O)[C@@H](O)CN1C(c1ccc(-c2ccccc2)cc1)N1CCCC1)c1ccccc1. The number of benzene rings is 3. The Bertz CT molecular complexity index is 1100. The maximum atomic E-state index is 12.7. The fraction of sp³-hybridized carbons (Fsp3) is 0.345. The van der Waals surface area contributed by atoms with E-state index in [0.717, 1.165) is 37.1 Å². The Morgan fingerprint density at radius 1 is 0.857 bits per heavy atom. The van der Waals surface area contributed by atoms with Crippen molar-refractivity contribution in [3.05, 3.63) is 96.1 Å². The summed E-state index contributed by atoms with van der Waals surface area (Å²) < 4.78 is 0. The number of nitrogens with zero attached hydrogens (tertiary/aromatic N) is 2. The summed E-state index contributed by atoms with van der Waals surface area (Å²) in [5.41, 5.74) is 4.04.